The van der Waals surface area contributed by atoms with E-state index in [1.807, 2.05) is 30.3 Å². The Balaban J connectivity index is 1.98. The summed E-state index contributed by atoms with van der Waals surface area (Å²) in [5, 5.41) is 11.7. The molecule has 0 aliphatic heterocycles. The first-order chi connectivity index (χ1) is 11.0. The number of benzene rings is 2. The van der Waals surface area contributed by atoms with Crippen molar-refractivity contribution in [2.75, 3.05) is 0 Å². The molecule has 0 aromatic heterocycles. The molecule has 120 valence electrons. The fourth-order valence-electron chi connectivity index (χ4n) is 2.29. The summed E-state index contributed by atoms with van der Waals surface area (Å²) >= 11 is 0. The van der Waals surface area contributed by atoms with E-state index in [1.54, 1.807) is 0 Å². The van der Waals surface area contributed by atoms with Crippen LogP contribution in [0.25, 0.3) is 0 Å². The molecule has 0 saturated carbocycles. The summed E-state index contributed by atoms with van der Waals surface area (Å²) in [5.74, 6) is -1.66. The normalized spacial score (nSPS) is 11.7. The highest BCUT2D eigenvalue weighted by Gasteiger charge is 2.18. The van der Waals surface area contributed by atoms with Crippen LogP contribution in [0, 0.1) is 5.82 Å². The molecule has 23 heavy (non-hydrogen) atoms. The Kier molecular flexibility index (Phi) is 5.86. The number of carbonyl (C=O) groups is 2. The number of nitrogens with one attached hydrogen (secondary N) is 1. The minimum Gasteiger partial charge on any atom is -0.481 e. The largest absolute Gasteiger partial charge is 0.481 e. The zero-order valence-corrected chi connectivity index (χ0v) is 12.5. The Hall–Kier alpha value is -2.69. The maximum absolute atomic E-state index is 13.0. The molecule has 0 aliphatic carbocycles. The van der Waals surface area contributed by atoms with Crippen LogP contribution < -0.4 is 5.32 Å². The standard InChI is InChI=1S/C18H18FNO3/c19-15-9-7-14(8-10-15)16(12-18(22)23)20-17(21)11-6-13-4-2-1-3-5-13/h1-5,7-10,16H,6,11-12H2,(H,20,21)(H,22,23). The highest BCUT2D eigenvalue weighted by molar-refractivity contribution is 5.78. The van der Waals surface area contributed by atoms with Gasteiger partial charge in [-0.2, -0.15) is 0 Å². The van der Waals surface area contributed by atoms with E-state index in [2.05, 4.69) is 5.32 Å². The van der Waals surface area contributed by atoms with Crippen molar-refractivity contribution in [2.45, 2.75) is 25.3 Å². The van der Waals surface area contributed by atoms with E-state index in [0.29, 0.717) is 12.0 Å². The lowest BCUT2D eigenvalue weighted by Crippen LogP contribution is -2.30. The van der Waals surface area contributed by atoms with Gasteiger partial charge in [-0.1, -0.05) is 42.5 Å². The predicted molar refractivity (Wildman–Crippen MR) is 84.3 cm³/mol. The van der Waals surface area contributed by atoms with E-state index in [-0.39, 0.29) is 18.7 Å². The Morgan fingerprint density at radius 2 is 1.70 bits per heavy atom. The minimum absolute atomic E-state index is 0.232. The number of carboxylic acid groups (broad SMARTS) is 1. The monoisotopic (exact) mass is 315 g/mol. The molecule has 0 heterocycles. The van der Waals surface area contributed by atoms with Gasteiger partial charge in [0.05, 0.1) is 12.5 Å². The molecule has 0 bridgehead atoms. The first kappa shape index (κ1) is 16.7. The molecule has 2 aromatic rings. The zero-order valence-electron chi connectivity index (χ0n) is 12.5. The van der Waals surface area contributed by atoms with Crippen LogP contribution in [-0.2, 0) is 16.0 Å². The smallest absolute Gasteiger partial charge is 0.305 e. The van der Waals surface area contributed by atoms with Crippen molar-refractivity contribution in [3.05, 3.63) is 71.5 Å². The quantitative estimate of drug-likeness (QED) is 0.825. The molecule has 0 radical (unpaired) electrons. The molecule has 2 rings (SSSR count). The molecule has 0 spiro atoms. The van der Waals surface area contributed by atoms with Crippen LogP contribution in [-0.4, -0.2) is 17.0 Å². The van der Waals surface area contributed by atoms with Gasteiger partial charge >= 0.3 is 5.97 Å². The number of aliphatic carboxylic acids is 1. The molecule has 1 atom stereocenters. The van der Waals surface area contributed by atoms with Gasteiger partial charge < -0.3 is 10.4 Å². The number of aryl methyl sites for hydroxylation is 1. The zero-order chi connectivity index (χ0) is 16.7. The number of hydrogen-bond acceptors (Lipinski definition) is 2. The lowest BCUT2D eigenvalue weighted by Gasteiger charge is -2.17. The third-order valence-electron chi connectivity index (χ3n) is 3.47. The van der Waals surface area contributed by atoms with Crippen LogP contribution in [0.4, 0.5) is 4.39 Å². The molecule has 0 aliphatic rings. The molecule has 4 nitrogen and oxygen atoms in total. The first-order valence-electron chi connectivity index (χ1n) is 7.35. The maximum atomic E-state index is 13.0. The van der Waals surface area contributed by atoms with Crippen LogP contribution in [0.15, 0.2) is 54.6 Å². The van der Waals surface area contributed by atoms with Gasteiger partial charge in [-0.05, 0) is 29.7 Å². The topological polar surface area (TPSA) is 66.4 Å². The minimum atomic E-state index is -1.03. The lowest BCUT2D eigenvalue weighted by molar-refractivity contribution is -0.137. The Labute approximate surface area is 134 Å². The van der Waals surface area contributed by atoms with Gasteiger partial charge in [0.2, 0.25) is 5.91 Å². The number of halogens is 1. The summed E-state index contributed by atoms with van der Waals surface area (Å²) in [4.78, 5) is 23.1. The van der Waals surface area contributed by atoms with E-state index in [9.17, 15) is 14.0 Å². The highest BCUT2D eigenvalue weighted by atomic mass is 19.1. The van der Waals surface area contributed by atoms with Gasteiger partial charge in [-0.15, -0.1) is 0 Å². The molecule has 1 unspecified atom stereocenters. The Bertz CT molecular complexity index is 656. The summed E-state index contributed by atoms with van der Waals surface area (Å²) < 4.78 is 13.0. The van der Waals surface area contributed by atoms with Gasteiger partial charge in [-0.3, -0.25) is 9.59 Å². The van der Waals surface area contributed by atoms with Crippen LogP contribution in [0.3, 0.4) is 0 Å². The molecular weight excluding hydrogens is 297 g/mol. The number of rotatable bonds is 7. The van der Waals surface area contributed by atoms with Crippen molar-refractivity contribution in [3.8, 4) is 0 Å². The second-order valence-corrected chi connectivity index (χ2v) is 5.26. The SMILES string of the molecule is O=C(O)CC(NC(=O)CCc1ccccc1)c1ccc(F)cc1. The van der Waals surface area contributed by atoms with Gasteiger partial charge in [0, 0.05) is 6.42 Å². The molecule has 2 aromatic carbocycles. The number of amides is 1. The van der Waals surface area contributed by atoms with Crippen LogP contribution in [0.1, 0.15) is 30.0 Å². The van der Waals surface area contributed by atoms with Crippen molar-refractivity contribution >= 4 is 11.9 Å². The van der Waals surface area contributed by atoms with E-state index < -0.39 is 17.8 Å². The molecule has 5 heteroatoms. The molecular formula is C18H18FNO3. The van der Waals surface area contributed by atoms with E-state index in [4.69, 9.17) is 5.11 Å². The first-order valence-corrected chi connectivity index (χ1v) is 7.35. The van der Waals surface area contributed by atoms with Crippen molar-refractivity contribution in [1.29, 1.82) is 0 Å². The van der Waals surface area contributed by atoms with E-state index >= 15 is 0 Å². The molecule has 0 saturated heterocycles. The van der Waals surface area contributed by atoms with Crippen LogP contribution in [0.5, 0.6) is 0 Å². The Morgan fingerprint density at radius 3 is 2.30 bits per heavy atom. The third-order valence-corrected chi connectivity index (χ3v) is 3.47. The van der Waals surface area contributed by atoms with Gasteiger partial charge in [0.15, 0.2) is 0 Å². The van der Waals surface area contributed by atoms with Gasteiger partial charge in [0.25, 0.3) is 0 Å². The molecule has 2 N–H and O–H groups in total. The van der Waals surface area contributed by atoms with E-state index in [1.165, 1.54) is 24.3 Å². The maximum Gasteiger partial charge on any atom is 0.305 e. The van der Waals surface area contributed by atoms with Crippen molar-refractivity contribution in [2.24, 2.45) is 0 Å². The molecule has 0 fully saturated rings. The summed E-state index contributed by atoms with van der Waals surface area (Å²) in [7, 11) is 0. The van der Waals surface area contributed by atoms with Crippen LogP contribution >= 0.6 is 0 Å². The summed E-state index contributed by atoms with van der Waals surface area (Å²) in [6.45, 7) is 0. The third kappa shape index (κ3) is 5.54. The number of carbonyl (C=O) groups excluding carboxylic acids is 1. The highest BCUT2D eigenvalue weighted by Crippen LogP contribution is 2.18. The number of carboxylic acids is 1. The van der Waals surface area contributed by atoms with Crippen molar-refractivity contribution < 1.29 is 19.1 Å². The fraction of sp³-hybridized carbons (Fsp3) is 0.222. The van der Waals surface area contributed by atoms with Crippen molar-refractivity contribution in [3.63, 3.8) is 0 Å². The predicted octanol–water partition coefficient (Wildman–Crippen LogP) is 3.09. The van der Waals surface area contributed by atoms with Crippen molar-refractivity contribution in [1.82, 2.24) is 5.32 Å². The second kappa shape index (κ2) is 8.08. The van der Waals surface area contributed by atoms with Gasteiger partial charge in [0.1, 0.15) is 5.82 Å². The van der Waals surface area contributed by atoms with E-state index in [0.717, 1.165) is 5.56 Å². The average Bonchev–Trinajstić information content (AvgIpc) is 2.53. The average molecular weight is 315 g/mol. The van der Waals surface area contributed by atoms with Gasteiger partial charge in [-0.25, -0.2) is 4.39 Å². The van der Waals surface area contributed by atoms with Crippen LogP contribution in [0.2, 0.25) is 0 Å². The number of hydrogen-bond donors (Lipinski definition) is 2. The summed E-state index contributed by atoms with van der Waals surface area (Å²) in [6, 6.07) is 14.4. The summed E-state index contributed by atoms with van der Waals surface area (Å²) in [6.07, 6.45) is 0.597. The second-order valence-electron chi connectivity index (χ2n) is 5.26. The Morgan fingerprint density at radius 1 is 1.04 bits per heavy atom. The lowest BCUT2D eigenvalue weighted by atomic mass is 10.0. The fourth-order valence-corrected chi connectivity index (χ4v) is 2.29. The molecule has 1 amide bonds. The summed E-state index contributed by atoms with van der Waals surface area (Å²) in [5.41, 5.74) is 1.61.